The second kappa shape index (κ2) is 10.6. The van der Waals surface area contributed by atoms with Crippen LogP contribution in [0.5, 0.6) is 0 Å². The average Bonchev–Trinajstić information content (AvgIpc) is 2.79. The number of anilines is 3. The van der Waals surface area contributed by atoms with Crippen LogP contribution in [0.4, 0.5) is 35.0 Å². The number of rotatable bonds is 6. The Labute approximate surface area is 191 Å². The number of piperidine rings is 1. The molecule has 1 fully saturated rings. The lowest BCUT2D eigenvalue weighted by Gasteiger charge is -2.31. The molecule has 1 atom stereocenters. The number of nitrogens with zero attached hydrogens (tertiary/aromatic N) is 1. The van der Waals surface area contributed by atoms with Crippen molar-refractivity contribution >= 4 is 29.0 Å². The number of hydrogen-bond donors (Lipinski definition) is 3. The van der Waals surface area contributed by atoms with Gasteiger partial charge in [0.05, 0.1) is 11.1 Å². The van der Waals surface area contributed by atoms with E-state index in [0.717, 1.165) is 56.6 Å². The smallest absolute Gasteiger partial charge is 0.371 e. The van der Waals surface area contributed by atoms with E-state index < -0.39 is 17.8 Å². The van der Waals surface area contributed by atoms with Crippen LogP contribution in [-0.4, -0.2) is 31.1 Å². The topological polar surface area (TPSA) is 73.5 Å². The highest BCUT2D eigenvalue weighted by Crippen LogP contribution is 2.31. The summed E-state index contributed by atoms with van der Waals surface area (Å²) in [6.45, 7) is 5.61. The predicted octanol–water partition coefficient (Wildman–Crippen LogP) is 5.87. The second-order valence-corrected chi connectivity index (χ2v) is 8.22. The van der Waals surface area contributed by atoms with Gasteiger partial charge in [-0.1, -0.05) is 13.0 Å². The Morgan fingerprint density at radius 1 is 1.00 bits per heavy atom. The first-order chi connectivity index (χ1) is 15.7. The van der Waals surface area contributed by atoms with Crippen LogP contribution in [0.15, 0.2) is 42.5 Å². The maximum absolute atomic E-state index is 13.0. The summed E-state index contributed by atoms with van der Waals surface area (Å²) in [6.07, 6.45) is -0.476. The monoisotopic (exact) mass is 462 g/mol. The van der Waals surface area contributed by atoms with Crippen LogP contribution in [0.3, 0.4) is 0 Å². The number of alkyl halides is 3. The fourth-order valence-corrected chi connectivity index (χ4v) is 3.68. The SMILES string of the molecule is CCC(C)NC(=O)c1cc(NC(=O)Nc2cccc(C(F)(F)F)c2)ccc1N1CCCCC1. The maximum atomic E-state index is 13.0. The lowest BCUT2D eigenvalue weighted by Crippen LogP contribution is -2.35. The molecular formula is C24H29F3N4O2. The fourth-order valence-electron chi connectivity index (χ4n) is 3.68. The first kappa shape index (κ1) is 24.4. The molecular weight excluding hydrogens is 433 g/mol. The van der Waals surface area contributed by atoms with Crippen LogP contribution >= 0.6 is 0 Å². The molecule has 178 valence electrons. The average molecular weight is 463 g/mol. The van der Waals surface area contributed by atoms with Crippen molar-refractivity contribution in [3.05, 3.63) is 53.6 Å². The van der Waals surface area contributed by atoms with Gasteiger partial charge in [0.25, 0.3) is 5.91 Å². The summed E-state index contributed by atoms with van der Waals surface area (Å²) in [6, 6.07) is 8.79. The van der Waals surface area contributed by atoms with Crippen molar-refractivity contribution in [2.75, 3.05) is 28.6 Å². The van der Waals surface area contributed by atoms with Gasteiger partial charge in [0.1, 0.15) is 0 Å². The molecule has 0 saturated carbocycles. The fraction of sp³-hybridized carbons (Fsp3) is 0.417. The van der Waals surface area contributed by atoms with Crippen molar-refractivity contribution in [2.24, 2.45) is 0 Å². The van der Waals surface area contributed by atoms with Crippen LogP contribution in [0.1, 0.15) is 55.5 Å². The summed E-state index contributed by atoms with van der Waals surface area (Å²) in [5, 5.41) is 7.99. The van der Waals surface area contributed by atoms with Gasteiger partial charge in [-0.05, 0) is 69.0 Å². The van der Waals surface area contributed by atoms with Crippen LogP contribution in [-0.2, 0) is 6.18 Å². The number of carbonyl (C=O) groups excluding carboxylic acids is 2. The maximum Gasteiger partial charge on any atom is 0.416 e. The van der Waals surface area contributed by atoms with E-state index in [0.29, 0.717) is 11.3 Å². The van der Waals surface area contributed by atoms with E-state index in [1.165, 1.54) is 12.1 Å². The van der Waals surface area contributed by atoms with Crippen molar-refractivity contribution < 1.29 is 22.8 Å². The Bertz CT molecular complexity index is 988. The van der Waals surface area contributed by atoms with Crippen molar-refractivity contribution in [3.8, 4) is 0 Å². The Balaban J connectivity index is 1.79. The zero-order valence-corrected chi connectivity index (χ0v) is 18.8. The van der Waals surface area contributed by atoms with E-state index in [9.17, 15) is 22.8 Å². The van der Waals surface area contributed by atoms with E-state index in [2.05, 4.69) is 20.9 Å². The highest BCUT2D eigenvalue weighted by atomic mass is 19.4. The molecule has 0 spiro atoms. The largest absolute Gasteiger partial charge is 0.416 e. The Morgan fingerprint density at radius 2 is 1.67 bits per heavy atom. The van der Waals surface area contributed by atoms with Crippen LogP contribution in [0, 0.1) is 0 Å². The number of hydrogen-bond acceptors (Lipinski definition) is 3. The summed E-state index contributed by atoms with van der Waals surface area (Å²) in [4.78, 5) is 27.6. The molecule has 0 aliphatic carbocycles. The third-order valence-electron chi connectivity index (χ3n) is 5.63. The number of carbonyl (C=O) groups is 2. The molecule has 6 nitrogen and oxygen atoms in total. The van der Waals surface area contributed by atoms with E-state index in [4.69, 9.17) is 0 Å². The summed E-state index contributed by atoms with van der Waals surface area (Å²) in [7, 11) is 0. The van der Waals surface area contributed by atoms with Crippen LogP contribution < -0.4 is 20.9 Å². The van der Waals surface area contributed by atoms with Gasteiger partial charge in [-0.25, -0.2) is 4.79 Å². The molecule has 1 aliphatic rings. The quantitative estimate of drug-likeness (QED) is 0.503. The summed E-state index contributed by atoms with van der Waals surface area (Å²) < 4.78 is 38.7. The summed E-state index contributed by atoms with van der Waals surface area (Å²) in [5.74, 6) is -0.230. The molecule has 1 unspecified atom stereocenters. The van der Waals surface area contributed by atoms with Gasteiger partial charge < -0.3 is 20.9 Å². The van der Waals surface area contributed by atoms with Gasteiger partial charge in [-0.3, -0.25) is 4.79 Å². The molecule has 2 aromatic rings. The zero-order valence-electron chi connectivity index (χ0n) is 18.8. The number of amides is 3. The van der Waals surface area contributed by atoms with E-state index in [1.807, 2.05) is 13.8 Å². The van der Waals surface area contributed by atoms with Gasteiger partial charge in [0.15, 0.2) is 0 Å². The van der Waals surface area contributed by atoms with Gasteiger partial charge in [0.2, 0.25) is 0 Å². The summed E-state index contributed by atoms with van der Waals surface area (Å²) in [5.41, 5.74) is 0.792. The molecule has 9 heteroatoms. The van der Waals surface area contributed by atoms with Gasteiger partial charge in [0, 0.05) is 36.2 Å². The Morgan fingerprint density at radius 3 is 2.30 bits per heavy atom. The third-order valence-corrected chi connectivity index (χ3v) is 5.63. The van der Waals surface area contributed by atoms with Crippen molar-refractivity contribution in [2.45, 2.75) is 51.7 Å². The van der Waals surface area contributed by atoms with E-state index in [-0.39, 0.29) is 17.6 Å². The van der Waals surface area contributed by atoms with Crippen molar-refractivity contribution in [3.63, 3.8) is 0 Å². The molecule has 2 aromatic carbocycles. The van der Waals surface area contributed by atoms with Gasteiger partial charge in [-0.2, -0.15) is 13.2 Å². The molecule has 1 saturated heterocycles. The first-order valence-corrected chi connectivity index (χ1v) is 11.1. The van der Waals surface area contributed by atoms with Crippen molar-refractivity contribution in [1.82, 2.24) is 5.32 Å². The Hall–Kier alpha value is -3.23. The van der Waals surface area contributed by atoms with E-state index in [1.54, 1.807) is 18.2 Å². The zero-order chi connectivity index (χ0) is 24.0. The first-order valence-electron chi connectivity index (χ1n) is 11.1. The number of benzene rings is 2. The molecule has 1 heterocycles. The minimum atomic E-state index is -4.50. The molecule has 0 bridgehead atoms. The molecule has 33 heavy (non-hydrogen) atoms. The van der Waals surface area contributed by atoms with Crippen LogP contribution in [0.2, 0.25) is 0 Å². The number of urea groups is 1. The van der Waals surface area contributed by atoms with Crippen molar-refractivity contribution in [1.29, 1.82) is 0 Å². The molecule has 1 aliphatic heterocycles. The Kier molecular flexibility index (Phi) is 7.84. The molecule has 0 radical (unpaired) electrons. The van der Waals surface area contributed by atoms with E-state index >= 15 is 0 Å². The minimum Gasteiger partial charge on any atom is -0.371 e. The highest BCUT2D eigenvalue weighted by molar-refractivity contribution is 6.04. The second-order valence-electron chi connectivity index (χ2n) is 8.22. The predicted molar refractivity (Wildman–Crippen MR) is 124 cm³/mol. The lowest BCUT2D eigenvalue weighted by atomic mass is 10.1. The standard InChI is InChI=1S/C24H29F3N4O2/c1-3-16(2)28-22(32)20-15-19(10-11-21(20)31-12-5-4-6-13-31)30-23(33)29-18-9-7-8-17(14-18)24(25,26)27/h7-11,14-16H,3-6,12-13H2,1-2H3,(H,28,32)(H2,29,30,33). The van der Waals surface area contributed by atoms with Crippen LogP contribution in [0.25, 0.3) is 0 Å². The molecule has 3 N–H and O–H groups in total. The molecule has 3 rings (SSSR count). The number of nitrogens with one attached hydrogen (secondary N) is 3. The molecule has 0 aromatic heterocycles. The summed E-state index contributed by atoms with van der Waals surface area (Å²) >= 11 is 0. The normalized spacial score (nSPS) is 15.0. The lowest BCUT2D eigenvalue weighted by molar-refractivity contribution is -0.137. The third kappa shape index (κ3) is 6.63. The number of halogens is 3. The van der Waals surface area contributed by atoms with Gasteiger partial charge >= 0.3 is 12.2 Å². The minimum absolute atomic E-state index is 0.00692. The highest BCUT2D eigenvalue weighted by Gasteiger charge is 2.30. The van der Waals surface area contributed by atoms with Gasteiger partial charge in [-0.15, -0.1) is 0 Å². The molecule has 3 amide bonds.